The van der Waals surface area contributed by atoms with Crippen molar-refractivity contribution in [3.63, 3.8) is 0 Å². The maximum absolute atomic E-state index is 5.46. The van der Waals surface area contributed by atoms with E-state index in [9.17, 15) is 0 Å². The summed E-state index contributed by atoms with van der Waals surface area (Å²) in [5.41, 5.74) is 0. The number of rotatable bonds is 4. The molecule has 0 bridgehead atoms. The molecule has 0 saturated heterocycles. The van der Waals surface area contributed by atoms with Crippen LogP contribution in [-0.2, 0) is 0 Å². The van der Waals surface area contributed by atoms with Gasteiger partial charge >= 0.3 is 0 Å². The van der Waals surface area contributed by atoms with Crippen LogP contribution in [0.4, 0.5) is 0 Å². The van der Waals surface area contributed by atoms with Gasteiger partial charge in [0.1, 0.15) is 5.75 Å². The van der Waals surface area contributed by atoms with Crippen LogP contribution in [0.3, 0.4) is 0 Å². The molecule has 1 aromatic rings. The van der Waals surface area contributed by atoms with Gasteiger partial charge in [0, 0.05) is 6.07 Å². The maximum Gasteiger partial charge on any atom is 0.213 e. The van der Waals surface area contributed by atoms with E-state index in [0.717, 1.165) is 18.3 Å². The molecule has 0 amide bonds. The van der Waals surface area contributed by atoms with Crippen LogP contribution < -0.4 is 9.47 Å². The summed E-state index contributed by atoms with van der Waals surface area (Å²) in [7, 11) is 1.63. The molecule has 13 heavy (non-hydrogen) atoms. The minimum Gasteiger partial charge on any atom is -0.495 e. The summed E-state index contributed by atoms with van der Waals surface area (Å²) < 4.78 is 10.5. The second-order valence-corrected chi connectivity index (χ2v) is 3.29. The summed E-state index contributed by atoms with van der Waals surface area (Å²) in [5.74, 6) is 2.22. The van der Waals surface area contributed by atoms with Gasteiger partial charge in [-0.15, -0.1) is 0 Å². The van der Waals surface area contributed by atoms with E-state index in [0.29, 0.717) is 5.88 Å². The zero-order valence-corrected chi connectivity index (χ0v) is 7.69. The Morgan fingerprint density at radius 1 is 1.46 bits per heavy atom. The molecular formula is C10H13NO2. The molecule has 1 heterocycles. The number of hydrogen-bond acceptors (Lipinski definition) is 3. The Hall–Kier alpha value is -1.25. The van der Waals surface area contributed by atoms with Gasteiger partial charge in [-0.1, -0.05) is 0 Å². The molecule has 0 aromatic carbocycles. The van der Waals surface area contributed by atoms with Crippen LogP contribution in [0.1, 0.15) is 12.8 Å². The number of methoxy groups -OCH3 is 1. The Kier molecular flexibility index (Phi) is 2.34. The first kappa shape index (κ1) is 8.35. The van der Waals surface area contributed by atoms with E-state index in [1.807, 2.05) is 12.1 Å². The Balaban J connectivity index is 1.88. The lowest BCUT2D eigenvalue weighted by Gasteiger charge is -2.04. The molecule has 1 fully saturated rings. The molecule has 0 radical (unpaired) electrons. The highest BCUT2D eigenvalue weighted by Gasteiger charge is 2.21. The Morgan fingerprint density at radius 3 is 2.85 bits per heavy atom. The van der Waals surface area contributed by atoms with E-state index < -0.39 is 0 Å². The highest BCUT2D eigenvalue weighted by Crippen LogP contribution is 2.29. The van der Waals surface area contributed by atoms with Crippen molar-refractivity contribution in [1.29, 1.82) is 0 Å². The third kappa shape index (κ3) is 2.34. The van der Waals surface area contributed by atoms with Crippen molar-refractivity contribution >= 4 is 0 Å². The SMILES string of the molecule is COc1ccc(OCC2CC2)nc1. The smallest absolute Gasteiger partial charge is 0.213 e. The fourth-order valence-electron chi connectivity index (χ4n) is 1.06. The number of pyridine rings is 1. The average molecular weight is 179 g/mol. The van der Waals surface area contributed by atoms with E-state index in [2.05, 4.69) is 4.98 Å². The molecule has 0 aliphatic heterocycles. The fourth-order valence-corrected chi connectivity index (χ4v) is 1.06. The lowest BCUT2D eigenvalue weighted by Crippen LogP contribution is -2.00. The third-order valence-corrected chi connectivity index (χ3v) is 2.11. The van der Waals surface area contributed by atoms with Crippen molar-refractivity contribution in [3.05, 3.63) is 18.3 Å². The molecule has 0 N–H and O–H groups in total. The van der Waals surface area contributed by atoms with Gasteiger partial charge in [-0.3, -0.25) is 0 Å². The molecule has 0 spiro atoms. The van der Waals surface area contributed by atoms with E-state index in [1.165, 1.54) is 12.8 Å². The zero-order valence-electron chi connectivity index (χ0n) is 7.69. The van der Waals surface area contributed by atoms with Gasteiger partial charge in [-0.05, 0) is 24.8 Å². The second kappa shape index (κ2) is 3.64. The monoisotopic (exact) mass is 179 g/mol. The number of ether oxygens (including phenoxy) is 2. The molecule has 3 heteroatoms. The Morgan fingerprint density at radius 2 is 2.31 bits per heavy atom. The number of hydrogen-bond donors (Lipinski definition) is 0. The van der Waals surface area contributed by atoms with Gasteiger partial charge in [0.05, 0.1) is 19.9 Å². The molecule has 70 valence electrons. The highest BCUT2D eigenvalue weighted by atomic mass is 16.5. The van der Waals surface area contributed by atoms with Crippen molar-refractivity contribution in [2.45, 2.75) is 12.8 Å². The fraction of sp³-hybridized carbons (Fsp3) is 0.500. The van der Waals surface area contributed by atoms with Crippen molar-refractivity contribution in [2.75, 3.05) is 13.7 Å². The van der Waals surface area contributed by atoms with E-state index >= 15 is 0 Å². The van der Waals surface area contributed by atoms with Gasteiger partial charge in [0.25, 0.3) is 0 Å². The minimum absolute atomic E-state index is 0.688. The molecule has 0 atom stereocenters. The van der Waals surface area contributed by atoms with Crippen molar-refractivity contribution in [2.24, 2.45) is 5.92 Å². The Bertz CT molecular complexity index is 267. The molecule has 3 nitrogen and oxygen atoms in total. The summed E-state index contributed by atoms with van der Waals surface area (Å²) in [6.45, 7) is 0.805. The van der Waals surface area contributed by atoms with Gasteiger partial charge < -0.3 is 9.47 Å². The molecular weight excluding hydrogens is 166 g/mol. The minimum atomic E-state index is 0.688. The summed E-state index contributed by atoms with van der Waals surface area (Å²) >= 11 is 0. The van der Waals surface area contributed by atoms with Crippen LogP contribution in [-0.4, -0.2) is 18.7 Å². The van der Waals surface area contributed by atoms with Crippen molar-refractivity contribution in [1.82, 2.24) is 4.98 Å². The van der Waals surface area contributed by atoms with Gasteiger partial charge in [-0.25, -0.2) is 4.98 Å². The lowest BCUT2D eigenvalue weighted by molar-refractivity contribution is 0.287. The van der Waals surface area contributed by atoms with Crippen LogP contribution in [0, 0.1) is 5.92 Å². The normalized spacial score (nSPS) is 15.5. The van der Waals surface area contributed by atoms with Crippen LogP contribution >= 0.6 is 0 Å². The predicted octanol–water partition coefficient (Wildman–Crippen LogP) is 1.88. The van der Waals surface area contributed by atoms with E-state index in [-0.39, 0.29) is 0 Å². The van der Waals surface area contributed by atoms with Gasteiger partial charge in [0.15, 0.2) is 0 Å². The standard InChI is InChI=1S/C10H13NO2/c1-12-9-4-5-10(11-6-9)13-7-8-2-3-8/h4-6,8H,2-3,7H2,1H3. The molecule has 1 aromatic heterocycles. The number of aromatic nitrogens is 1. The third-order valence-electron chi connectivity index (χ3n) is 2.11. The molecule has 1 aliphatic carbocycles. The second-order valence-electron chi connectivity index (χ2n) is 3.29. The Labute approximate surface area is 77.7 Å². The lowest BCUT2D eigenvalue weighted by atomic mass is 10.4. The van der Waals surface area contributed by atoms with E-state index in [1.54, 1.807) is 13.3 Å². The van der Waals surface area contributed by atoms with Crippen LogP contribution in [0.25, 0.3) is 0 Å². The topological polar surface area (TPSA) is 31.4 Å². The van der Waals surface area contributed by atoms with Crippen LogP contribution in [0.15, 0.2) is 18.3 Å². The van der Waals surface area contributed by atoms with Crippen molar-refractivity contribution in [3.8, 4) is 11.6 Å². The molecule has 2 rings (SSSR count). The number of nitrogens with zero attached hydrogens (tertiary/aromatic N) is 1. The molecule has 1 saturated carbocycles. The van der Waals surface area contributed by atoms with Crippen LogP contribution in [0.5, 0.6) is 11.6 Å². The first-order chi connectivity index (χ1) is 6.38. The quantitative estimate of drug-likeness (QED) is 0.707. The van der Waals surface area contributed by atoms with Crippen LogP contribution in [0.2, 0.25) is 0 Å². The predicted molar refractivity (Wildman–Crippen MR) is 49.0 cm³/mol. The van der Waals surface area contributed by atoms with Gasteiger partial charge in [0.2, 0.25) is 5.88 Å². The van der Waals surface area contributed by atoms with Crippen molar-refractivity contribution < 1.29 is 9.47 Å². The van der Waals surface area contributed by atoms with E-state index in [4.69, 9.17) is 9.47 Å². The first-order valence-corrected chi connectivity index (χ1v) is 4.51. The zero-order chi connectivity index (χ0) is 9.10. The summed E-state index contributed by atoms with van der Waals surface area (Å²) in [6, 6.07) is 3.69. The summed E-state index contributed by atoms with van der Waals surface area (Å²) in [4.78, 5) is 4.10. The summed E-state index contributed by atoms with van der Waals surface area (Å²) in [5, 5.41) is 0. The van der Waals surface area contributed by atoms with Gasteiger partial charge in [-0.2, -0.15) is 0 Å². The average Bonchev–Trinajstić information content (AvgIpc) is 2.99. The largest absolute Gasteiger partial charge is 0.495 e. The summed E-state index contributed by atoms with van der Waals surface area (Å²) in [6.07, 6.45) is 4.27. The highest BCUT2D eigenvalue weighted by molar-refractivity contribution is 5.22. The molecule has 0 unspecified atom stereocenters. The maximum atomic E-state index is 5.46. The first-order valence-electron chi connectivity index (χ1n) is 4.51. The molecule has 1 aliphatic rings.